The Morgan fingerprint density at radius 2 is 1.35 bits per heavy atom. The minimum atomic E-state index is -4.34. The summed E-state index contributed by atoms with van der Waals surface area (Å²) < 4.78 is 32.3. The molecule has 0 aliphatic rings. The van der Waals surface area contributed by atoms with Gasteiger partial charge >= 0.3 is 0 Å². The standard InChI is InChI=1S/C22H16N4O4S/c27-18-9-7-17(8-10-18)24-26-22-20-12-11-19(31(28,29)30)14-15(20)6-13-21(22)25-23-16-4-2-1-3-5-16/h1-14,27H,(H,28,29,30). The molecule has 4 aromatic rings. The van der Waals surface area contributed by atoms with Crippen LogP contribution in [0.4, 0.5) is 22.7 Å². The maximum atomic E-state index is 11.5. The molecule has 0 aromatic heterocycles. The van der Waals surface area contributed by atoms with Gasteiger partial charge in [-0.3, -0.25) is 4.55 Å². The molecule has 0 saturated carbocycles. The molecule has 0 aliphatic carbocycles. The normalized spacial score (nSPS) is 12.2. The molecule has 0 amide bonds. The van der Waals surface area contributed by atoms with Crippen LogP contribution in [0, 0.1) is 0 Å². The number of fused-ring (bicyclic) bond motifs is 1. The van der Waals surface area contributed by atoms with Gasteiger partial charge in [0.25, 0.3) is 10.1 Å². The average molecular weight is 432 g/mol. The molecule has 0 spiro atoms. The third-order valence-electron chi connectivity index (χ3n) is 4.38. The summed E-state index contributed by atoms with van der Waals surface area (Å²) in [5, 5.41) is 27.6. The number of rotatable bonds is 5. The van der Waals surface area contributed by atoms with Gasteiger partial charge in [-0.05, 0) is 60.0 Å². The number of phenols is 1. The zero-order chi connectivity index (χ0) is 21.8. The largest absolute Gasteiger partial charge is 0.508 e. The second-order valence-electron chi connectivity index (χ2n) is 6.54. The molecule has 0 atom stereocenters. The van der Waals surface area contributed by atoms with Crippen molar-refractivity contribution < 1.29 is 18.1 Å². The van der Waals surface area contributed by atoms with Crippen molar-refractivity contribution in [3.8, 4) is 5.75 Å². The second-order valence-corrected chi connectivity index (χ2v) is 7.96. The maximum Gasteiger partial charge on any atom is 0.294 e. The first kappa shape index (κ1) is 20.3. The lowest BCUT2D eigenvalue weighted by molar-refractivity contribution is 0.475. The smallest absolute Gasteiger partial charge is 0.294 e. The minimum Gasteiger partial charge on any atom is -0.508 e. The predicted molar refractivity (Wildman–Crippen MR) is 117 cm³/mol. The molecule has 0 unspecified atom stereocenters. The highest BCUT2D eigenvalue weighted by atomic mass is 32.2. The van der Waals surface area contributed by atoms with E-state index in [4.69, 9.17) is 0 Å². The van der Waals surface area contributed by atoms with Gasteiger partial charge in [0.05, 0.1) is 16.3 Å². The Bertz CT molecular complexity index is 1400. The number of benzene rings is 4. The van der Waals surface area contributed by atoms with Gasteiger partial charge in [0, 0.05) is 5.39 Å². The fraction of sp³-hybridized carbons (Fsp3) is 0. The fourth-order valence-electron chi connectivity index (χ4n) is 2.86. The molecular formula is C22H16N4O4S. The maximum absolute atomic E-state index is 11.5. The lowest BCUT2D eigenvalue weighted by Crippen LogP contribution is -1.97. The molecule has 0 saturated heterocycles. The Balaban J connectivity index is 1.84. The summed E-state index contributed by atoms with van der Waals surface area (Å²) in [6, 6.07) is 22.8. The van der Waals surface area contributed by atoms with E-state index in [-0.39, 0.29) is 10.6 Å². The number of hydrogen-bond acceptors (Lipinski definition) is 7. The van der Waals surface area contributed by atoms with E-state index in [0.717, 1.165) is 0 Å². The number of aromatic hydroxyl groups is 1. The first-order valence-electron chi connectivity index (χ1n) is 9.12. The second kappa shape index (κ2) is 8.42. The van der Waals surface area contributed by atoms with Crippen LogP contribution < -0.4 is 0 Å². The summed E-state index contributed by atoms with van der Waals surface area (Å²) in [6.07, 6.45) is 0. The van der Waals surface area contributed by atoms with Crippen LogP contribution in [0.3, 0.4) is 0 Å². The lowest BCUT2D eigenvalue weighted by atomic mass is 10.1. The van der Waals surface area contributed by atoms with Crippen molar-refractivity contribution in [1.82, 2.24) is 0 Å². The van der Waals surface area contributed by atoms with E-state index in [2.05, 4.69) is 20.5 Å². The molecule has 4 rings (SSSR count). The summed E-state index contributed by atoms with van der Waals surface area (Å²) in [5.74, 6) is 0.110. The number of nitrogens with zero attached hydrogens (tertiary/aromatic N) is 4. The molecule has 8 nitrogen and oxygen atoms in total. The highest BCUT2D eigenvalue weighted by Gasteiger charge is 2.13. The molecule has 2 N–H and O–H groups in total. The Kier molecular flexibility index (Phi) is 5.52. The van der Waals surface area contributed by atoms with Crippen molar-refractivity contribution in [2.45, 2.75) is 4.90 Å². The summed E-state index contributed by atoms with van der Waals surface area (Å²) in [5.41, 5.74) is 1.98. The van der Waals surface area contributed by atoms with E-state index >= 15 is 0 Å². The monoisotopic (exact) mass is 432 g/mol. The van der Waals surface area contributed by atoms with Gasteiger partial charge in [0.2, 0.25) is 0 Å². The highest BCUT2D eigenvalue weighted by Crippen LogP contribution is 2.38. The molecule has 0 fully saturated rings. The van der Waals surface area contributed by atoms with Crippen molar-refractivity contribution in [3.63, 3.8) is 0 Å². The molecule has 9 heteroatoms. The van der Waals surface area contributed by atoms with Gasteiger partial charge in [-0.25, -0.2) is 0 Å². The van der Waals surface area contributed by atoms with Crippen LogP contribution in [0.2, 0.25) is 0 Å². The number of hydrogen-bond donors (Lipinski definition) is 2. The van der Waals surface area contributed by atoms with Crippen molar-refractivity contribution in [3.05, 3.63) is 84.9 Å². The molecule has 31 heavy (non-hydrogen) atoms. The van der Waals surface area contributed by atoms with Crippen LogP contribution in [0.15, 0.2) is 110 Å². The van der Waals surface area contributed by atoms with Crippen molar-refractivity contribution >= 4 is 43.6 Å². The first-order valence-corrected chi connectivity index (χ1v) is 10.6. The van der Waals surface area contributed by atoms with Crippen molar-refractivity contribution in [2.75, 3.05) is 0 Å². The average Bonchev–Trinajstić information content (AvgIpc) is 2.77. The SMILES string of the molecule is O=S(=O)(O)c1ccc2c(N=Nc3ccc(O)cc3)c(N=Nc3ccccc3)ccc2c1. The fourth-order valence-corrected chi connectivity index (χ4v) is 3.38. The number of azo groups is 2. The third-order valence-corrected chi connectivity index (χ3v) is 5.23. The molecule has 0 radical (unpaired) electrons. The lowest BCUT2D eigenvalue weighted by Gasteiger charge is -2.06. The van der Waals surface area contributed by atoms with Crippen LogP contribution in [0.25, 0.3) is 10.8 Å². The summed E-state index contributed by atoms with van der Waals surface area (Å²) in [7, 11) is -4.34. The van der Waals surface area contributed by atoms with Gasteiger partial charge in [-0.1, -0.05) is 30.3 Å². The Hall–Kier alpha value is -3.95. The third kappa shape index (κ3) is 4.80. The van der Waals surface area contributed by atoms with Crippen LogP contribution in [-0.2, 0) is 10.1 Å². The van der Waals surface area contributed by atoms with E-state index in [1.54, 1.807) is 36.4 Å². The van der Waals surface area contributed by atoms with Gasteiger partial charge in [0.15, 0.2) is 0 Å². The zero-order valence-corrected chi connectivity index (χ0v) is 16.8. The predicted octanol–water partition coefficient (Wildman–Crippen LogP) is 6.62. The zero-order valence-electron chi connectivity index (χ0n) is 16.0. The van der Waals surface area contributed by atoms with Crippen LogP contribution >= 0.6 is 0 Å². The number of phenolic OH excluding ortho intramolecular Hbond substituents is 1. The van der Waals surface area contributed by atoms with Gasteiger partial charge in [-0.2, -0.15) is 18.6 Å². The van der Waals surface area contributed by atoms with Crippen LogP contribution in [-0.4, -0.2) is 18.1 Å². The van der Waals surface area contributed by atoms with Gasteiger partial charge in [0.1, 0.15) is 17.1 Å². The summed E-state index contributed by atoms with van der Waals surface area (Å²) >= 11 is 0. The summed E-state index contributed by atoms with van der Waals surface area (Å²) in [4.78, 5) is -0.222. The quantitative estimate of drug-likeness (QED) is 0.271. The molecule has 0 aliphatic heterocycles. The van der Waals surface area contributed by atoms with Crippen molar-refractivity contribution in [2.24, 2.45) is 20.5 Å². The summed E-state index contributed by atoms with van der Waals surface area (Å²) in [6.45, 7) is 0. The van der Waals surface area contributed by atoms with Crippen molar-refractivity contribution in [1.29, 1.82) is 0 Å². The minimum absolute atomic E-state index is 0.110. The van der Waals surface area contributed by atoms with Gasteiger partial charge < -0.3 is 5.11 Å². The Morgan fingerprint density at radius 3 is 2.06 bits per heavy atom. The first-order chi connectivity index (χ1) is 14.9. The molecule has 154 valence electrons. The molecule has 4 aromatic carbocycles. The van der Waals surface area contributed by atoms with E-state index in [0.29, 0.717) is 33.5 Å². The topological polar surface area (TPSA) is 124 Å². The molecule has 0 heterocycles. The molecular weight excluding hydrogens is 416 g/mol. The highest BCUT2D eigenvalue weighted by molar-refractivity contribution is 7.85. The Morgan fingerprint density at radius 1 is 0.677 bits per heavy atom. The van der Waals surface area contributed by atoms with E-state index < -0.39 is 10.1 Å². The Labute approximate surface area is 178 Å². The molecule has 0 bridgehead atoms. The van der Waals surface area contributed by atoms with E-state index in [1.165, 1.54) is 30.3 Å². The van der Waals surface area contributed by atoms with E-state index in [9.17, 15) is 18.1 Å². The van der Waals surface area contributed by atoms with E-state index in [1.807, 2.05) is 18.2 Å². The van der Waals surface area contributed by atoms with Gasteiger partial charge in [-0.15, -0.1) is 10.2 Å². The van der Waals surface area contributed by atoms with Crippen LogP contribution in [0.1, 0.15) is 0 Å². The van der Waals surface area contributed by atoms with Crippen LogP contribution in [0.5, 0.6) is 5.75 Å².